The van der Waals surface area contributed by atoms with Gasteiger partial charge in [0.2, 0.25) is 0 Å². The van der Waals surface area contributed by atoms with Crippen LogP contribution in [0.5, 0.6) is 0 Å². The molecule has 1 aliphatic heterocycles. The van der Waals surface area contributed by atoms with Gasteiger partial charge in [-0.3, -0.25) is 4.90 Å². The molecule has 1 aromatic carbocycles. The lowest BCUT2D eigenvalue weighted by Crippen LogP contribution is -2.47. The number of nitrogen functional groups attached to an aromatic ring is 1. The molecule has 0 bridgehead atoms. The van der Waals surface area contributed by atoms with Crippen molar-refractivity contribution in [3.63, 3.8) is 0 Å². The Balaban J connectivity index is 2.06. The fourth-order valence-corrected chi connectivity index (χ4v) is 2.84. The summed E-state index contributed by atoms with van der Waals surface area (Å²) in [5.41, 5.74) is 13.8. The smallest absolute Gasteiger partial charge is 0.0317 e. The van der Waals surface area contributed by atoms with Crippen LogP contribution in [0, 0.1) is 5.92 Å². The molecule has 0 spiro atoms. The summed E-state index contributed by atoms with van der Waals surface area (Å²) in [6.45, 7) is 5.19. The highest BCUT2D eigenvalue weighted by atomic mass is 15.2. The van der Waals surface area contributed by atoms with Crippen molar-refractivity contribution in [1.82, 2.24) is 4.90 Å². The van der Waals surface area contributed by atoms with Crippen molar-refractivity contribution >= 4 is 5.69 Å². The van der Waals surface area contributed by atoms with E-state index in [2.05, 4.69) is 24.0 Å². The van der Waals surface area contributed by atoms with E-state index in [-0.39, 0.29) is 0 Å². The quantitative estimate of drug-likeness (QED) is 0.783. The predicted molar refractivity (Wildman–Crippen MR) is 72.5 cm³/mol. The third kappa shape index (κ3) is 2.99. The van der Waals surface area contributed by atoms with E-state index in [1.54, 1.807) is 0 Å². The third-order valence-corrected chi connectivity index (χ3v) is 3.81. The Hall–Kier alpha value is -1.06. The van der Waals surface area contributed by atoms with Crippen LogP contribution in [-0.4, -0.2) is 24.0 Å². The van der Waals surface area contributed by atoms with Crippen LogP contribution < -0.4 is 11.5 Å². The molecule has 17 heavy (non-hydrogen) atoms. The number of anilines is 1. The van der Waals surface area contributed by atoms with Gasteiger partial charge >= 0.3 is 0 Å². The van der Waals surface area contributed by atoms with Crippen molar-refractivity contribution in [3.8, 4) is 0 Å². The molecule has 1 heterocycles. The van der Waals surface area contributed by atoms with Gasteiger partial charge in [-0.1, -0.05) is 19.1 Å². The highest BCUT2D eigenvalue weighted by molar-refractivity contribution is 5.40. The first-order valence-corrected chi connectivity index (χ1v) is 6.49. The Morgan fingerprint density at radius 1 is 1.41 bits per heavy atom. The van der Waals surface area contributed by atoms with Crippen molar-refractivity contribution < 1.29 is 0 Å². The number of hydrogen-bond donors (Lipinski definition) is 2. The van der Waals surface area contributed by atoms with Crippen LogP contribution >= 0.6 is 0 Å². The summed E-state index contributed by atoms with van der Waals surface area (Å²) >= 11 is 0. The Labute approximate surface area is 104 Å². The molecule has 0 saturated carbocycles. The van der Waals surface area contributed by atoms with Gasteiger partial charge in [-0.2, -0.15) is 0 Å². The van der Waals surface area contributed by atoms with Crippen LogP contribution in [-0.2, 0) is 6.54 Å². The highest BCUT2D eigenvalue weighted by Crippen LogP contribution is 2.24. The van der Waals surface area contributed by atoms with Crippen molar-refractivity contribution in [2.75, 3.05) is 18.8 Å². The van der Waals surface area contributed by atoms with Crippen LogP contribution in [0.4, 0.5) is 5.69 Å². The van der Waals surface area contributed by atoms with Crippen molar-refractivity contribution in [1.29, 1.82) is 0 Å². The molecule has 1 saturated heterocycles. The molecule has 3 nitrogen and oxygen atoms in total. The number of hydrogen-bond acceptors (Lipinski definition) is 3. The predicted octanol–water partition coefficient (Wildman–Crippen LogP) is 1.83. The van der Waals surface area contributed by atoms with Gasteiger partial charge in [0.05, 0.1) is 0 Å². The van der Waals surface area contributed by atoms with E-state index in [1.807, 2.05) is 12.1 Å². The molecule has 3 heteroatoms. The second kappa shape index (κ2) is 5.52. The summed E-state index contributed by atoms with van der Waals surface area (Å²) in [6.07, 6.45) is 2.58. The average molecular weight is 233 g/mol. The molecule has 0 aliphatic carbocycles. The highest BCUT2D eigenvalue weighted by Gasteiger charge is 2.26. The molecule has 2 rings (SSSR count). The molecule has 2 unspecified atom stereocenters. The zero-order chi connectivity index (χ0) is 12.3. The van der Waals surface area contributed by atoms with E-state index in [0.717, 1.165) is 25.3 Å². The number of likely N-dealkylation sites (tertiary alicyclic amines) is 1. The van der Waals surface area contributed by atoms with E-state index < -0.39 is 0 Å². The minimum atomic E-state index is 0.519. The van der Waals surface area contributed by atoms with Crippen molar-refractivity contribution in [3.05, 3.63) is 29.8 Å². The molecular weight excluding hydrogens is 210 g/mol. The molecular formula is C14H23N3. The van der Waals surface area contributed by atoms with Crippen LogP contribution in [0.25, 0.3) is 0 Å². The number of rotatable bonds is 3. The lowest BCUT2D eigenvalue weighted by Gasteiger charge is -2.39. The maximum absolute atomic E-state index is 5.90. The summed E-state index contributed by atoms with van der Waals surface area (Å²) in [4.78, 5) is 2.50. The standard InChI is InChI=1S/C14H23N3/c1-11-4-3-7-17(14(11)9-15)10-12-5-2-6-13(16)8-12/h2,5-6,8,11,14H,3-4,7,9-10,15-16H2,1H3. The first kappa shape index (κ1) is 12.4. The van der Waals surface area contributed by atoms with Crippen LogP contribution in [0.1, 0.15) is 25.3 Å². The van der Waals surface area contributed by atoms with E-state index >= 15 is 0 Å². The molecule has 0 aromatic heterocycles. The summed E-state index contributed by atoms with van der Waals surface area (Å²) in [5.74, 6) is 0.704. The molecule has 0 radical (unpaired) electrons. The Morgan fingerprint density at radius 3 is 2.94 bits per heavy atom. The number of benzene rings is 1. The minimum Gasteiger partial charge on any atom is -0.399 e. The van der Waals surface area contributed by atoms with Crippen LogP contribution in [0.2, 0.25) is 0 Å². The summed E-state index contributed by atoms with van der Waals surface area (Å²) in [5, 5.41) is 0. The fourth-order valence-electron chi connectivity index (χ4n) is 2.84. The normalized spacial score (nSPS) is 26.0. The Bertz CT molecular complexity index is 364. The van der Waals surface area contributed by atoms with Gasteiger partial charge in [-0.15, -0.1) is 0 Å². The fraction of sp³-hybridized carbons (Fsp3) is 0.571. The molecule has 1 fully saturated rings. The maximum atomic E-state index is 5.90. The van der Waals surface area contributed by atoms with E-state index in [4.69, 9.17) is 11.5 Å². The van der Waals surface area contributed by atoms with Crippen molar-refractivity contribution in [2.45, 2.75) is 32.4 Å². The van der Waals surface area contributed by atoms with Crippen molar-refractivity contribution in [2.24, 2.45) is 11.7 Å². The van der Waals surface area contributed by atoms with Gasteiger partial charge in [0, 0.05) is 24.8 Å². The summed E-state index contributed by atoms with van der Waals surface area (Å²) in [7, 11) is 0. The number of nitrogens with zero attached hydrogens (tertiary/aromatic N) is 1. The second-order valence-corrected chi connectivity index (χ2v) is 5.14. The SMILES string of the molecule is CC1CCCN(Cc2cccc(N)c2)C1CN. The van der Waals surface area contributed by atoms with Gasteiger partial charge in [0.15, 0.2) is 0 Å². The third-order valence-electron chi connectivity index (χ3n) is 3.81. The molecule has 2 atom stereocenters. The molecule has 94 valence electrons. The number of nitrogens with two attached hydrogens (primary N) is 2. The first-order chi connectivity index (χ1) is 8.20. The van der Waals surface area contributed by atoms with E-state index in [1.165, 1.54) is 18.4 Å². The molecule has 0 amide bonds. The van der Waals surface area contributed by atoms with Gasteiger partial charge < -0.3 is 11.5 Å². The van der Waals surface area contributed by atoms with Crippen LogP contribution in [0.15, 0.2) is 24.3 Å². The van der Waals surface area contributed by atoms with Gasteiger partial charge in [0.25, 0.3) is 0 Å². The largest absolute Gasteiger partial charge is 0.399 e. The Morgan fingerprint density at radius 2 is 2.24 bits per heavy atom. The van der Waals surface area contributed by atoms with Gasteiger partial charge in [0.1, 0.15) is 0 Å². The molecule has 1 aromatic rings. The monoisotopic (exact) mass is 233 g/mol. The maximum Gasteiger partial charge on any atom is 0.0317 e. The number of piperidine rings is 1. The molecule has 4 N–H and O–H groups in total. The lowest BCUT2D eigenvalue weighted by atomic mass is 9.90. The lowest BCUT2D eigenvalue weighted by molar-refractivity contribution is 0.0991. The average Bonchev–Trinajstić information content (AvgIpc) is 2.29. The summed E-state index contributed by atoms with van der Waals surface area (Å²) in [6, 6.07) is 8.68. The summed E-state index contributed by atoms with van der Waals surface area (Å²) < 4.78 is 0. The van der Waals surface area contributed by atoms with Gasteiger partial charge in [-0.05, 0) is 43.0 Å². The zero-order valence-corrected chi connectivity index (χ0v) is 10.6. The van der Waals surface area contributed by atoms with Gasteiger partial charge in [-0.25, -0.2) is 0 Å². The van der Waals surface area contributed by atoms with E-state index in [9.17, 15) is 0 Å². The zero-order valence-electron chi connectivity index (χ0n) is 10.6. The molecule has 1 aliphatic rings. The second-order valence-electron chi connectivity index (χ2n) is 5.14. The Kier molecular flexibility index (Phi) is 4.02. The first-order valence-electron chi connectivity index (χ1n) is 6.49. The van der Waals surface area contributed by atoms with E-state index in [0.29, 0.717) is 12.0 Å². The topological polar surface area (TPSA) is 55.3 Å². The van der Waals surface area contributed by atoms with Crippen LogP contribution in [0.3, 0.4) is 0 Å². The minimum absolute atomic E-state index is 0.519.